The Labute approximate surface area is 151 Å². The van der Waals surface area contributed by atoms with Gasteiger partial charge in [0.2, 0.25) is 0 Å². The van der Waals surface area contributed by atoms with Crippen molar-refractivity contribution in [2.24, 2.45) is 5.73 Å². The molecule has 0 amide bonds. The summed E-state index contributed by atoms with van der Waals surface area (Å²) in [6, 6.07) is 6.74. The Kier molecular flexibility index (Phi) is 7.22. The molecule has 2 N–H and O–H groups in total. The SMILES string of the molecule is COC[C@@H](O[Si](C)(C)C(C)(C)C)[I-][C@](C)(N)c1ccccc1F. The number of alkyl halides is 2. The van der Waals surface area contributed by atoms with Crippen LogP contribution >= 0.6 is 0 Å². The molecule has 0 aliphatic carbocycles. The Morgan fingerprint density at radius 2 is 1.78 bits per heavy atom. The zero-order valence-electron chi connectivity index (χ0n) is 15.2. The molecule has 0 aromatic heterocycles. The zero-order valence-corrected chi connectivity index (χ0v) is 18.4. The first kappa shape index (κ1) is 21.0. The number of hydrogen-bond acceptors (Lipinski definition) is 3. The van der Waals surface area contributed by atoms with Gasteiger partial charge in [-0.1, -0.05) is 0 Å². The second kappa shape index (κ2) is 7.90. The molecule has 1 aromatic rings. The monoisotopic (exact) mass is 454 g/mol. The number of halogens is 2. The maximum absolute atomic E-state index is 14.1. The molecule has 23 heavy (non-hydrogen) atoms. The van der Waals surface area contributed by atoms with Gasteiger partial charge in [0, 0.05) is 0 Å². The van der Waals surface area contributed by atoms with Gasteiger partial charge in [0.1, 0.15) is 0 Å². The van der Waals surface area contributed by atoms with Gasteiger partial charge in [-0.2, -0.15) is 0 Å². The molecule has 0 unspecified atom stereocenters. The van der Waals surface area contributed by atoms with E-state index in [2.05, 4.69) is 33.9 Å². The summed E-state index contributed by atoms with van der Waals surface area (Å²) in [4.78, 5) is 0. The quantitative estimate of drug-likeness (QED) is 0.290. The summed E-state index contributed by atoms with van der Waals surface area (Å²) in [5.74, 6) is -0.249. The molecule has 6 heteroatoms. The molecule has 0 aliphatic heterocycles. The first-order valence-corrected chi connectivity index (χ1v) is 13.0. The number of rotatable bonds is 7. The Morgan fingerprint density at radius 3 is 2.26 bits per heavy atom. The summed E-state index contributed by atoms with van der Waals surface area (Å²) >= 11 is -0.678. The van der Waals surface area contributed by atoms with Crippen molar-refractivity contribution in [1.82, 2.24) is 0 Å². The van der Waals surface area contributed by atoms with Gasteiger partial charge in [-0.15, -0.1) is 0 Å². The van der Waals surface area contributed by atoms with E-state index < -0.39 is 33.1 Å². The molecular weight excluding hydrogens is 424 g/mol. The molecular formula is C17H30FINO2Si-. The molecule has 0 fully saturated rings. The van der Waals surface area contributed by atoms with E-state index in [1.165, 1.54) is 6.07 Å². The standard InChI is InChI=1S/C17H30FINO2Si/c1-16(2,3)23(6,7)22-15(12-21-5)19-17(4,20)13-10-8-9-11-14(13)18/h8-11,15H,12,20H2,1-7H3/q-1/t15-,17-/m1/s1. The average Bonchev–Trinajstić information content (AvgIpc) is 2.36. The van der Waals surface area contributed by atoms with Crippen LogP contribution in [0.2, 0.25) is 18.1 Å². The second-order valence-electron chi connectivity index (χ2n) is 7.41. The first-order chi connectivity index (χ1) is 10.4. The molecule has 0 spiro atoms. The summed E-state index contributed by atoms with van der Waals surface area (Å²) in [5.41, 5.74) is 7.05. The normalized spacial score (nSPS) is 17.1. The van der Waals surface area contributed by atoms with Crippen LogP contribution in [0, 0.1) is 5.82 Å². The van der Waals surface area contributed by atoms with E-state index in [-0.39, 0.29) is 15.0 Å². The Balaban J connectivity index is 2.97. The molecule has 0 saturated carbocycles. The molecule has 0 heterocycles. The van der Waals surface area contributed by atoms with Crippen LogP contribution in [0.1, 0.15) is 33.3 Å². The predicted molar refractivity (Wildman–Crippen MR) is 91.9 cm³/mol. The van der Waals surface area contributed by atoms with Crippen LogP contribution < -0.4 is 26.9 Å². The number of methoxy groups -OCH3 is 1. The van der Waals surface area contributed by atoms with Crippen LogP contribution in [-0.2, 0) is 12.7 Å². The fraction of sp³-hybridized carbons (Fsp3) is 0.647. The summed E-state index contributed by atoms with van der Waals surface area (Å²) in [6.07, 6.45) is 0. The predicted octanol–water partition coefficient (Wildman–Crippen LogP) is 1.04. The fourth-order valence-corrected chi connectivity index (χ4v) is 8.03. The van der Waals surface area contributed by atoms with Gasteiger partial charge in [-0.05, 0) is 0 Å². The van der Waals surface area contributed by atoms with E-state index in [0.717, 1.165) is 0 Å². The van der Waals surface area contributed by atoms with E-state index in [4.69, 9.17) is 14.9 Å². The zero-order chi connectivity index (χ0) is 17.9. The van der Waals surface area contributed by atoms with Crippen LogP contribution in [0.15, 0.2) is 24.3 Å². The molecule has 3 nitrogen and oxygen atoms in total. The number of nitrogens with two attached hydrogens (primary N) is 1. The molecule has 2 atom stereocenters. The summed E-state index contributed by atoms with van der Waals surface area (Å²) < 4.78 is 25.2. The van der Waals surface area contributed by atoms with Gasteiger partial charge in [0.25, 0.3) is 0 Å². The fourth-order valence-electron chi connectivity index (χ4n) is 1.88. The van der Waals surface area contributed by atoms with Crippen molar-refractivity contribution in [2.75, 3.05) is 13.7 Å². The summed E-state index contributed by atoms with van der Waals surface area (Å²) in [5, 5.41) is 0.117. The Hall–Kier alpha value is -0.0231. The van der Waals surface area contributed by atoms with Crippen molar-refractivity contribution in [1.29, 1.82) is 0 Å². The van der Waals surface area contributed by atoms with Crippen molar-refractivity contribution in [3.8, 4) is 0 Å². The van der Waals surface area contributed by atoms with Crippen LogP contribution in [0.3, 0.4) is 0 Å². The van der Waals surface area contributed by atoms with E-state index in [1.54, 1.807) is 19.2 Å². The molecule has 0 aliphatic rings. The summed E-state index contributed by atoms with van der Waals surface area (Å²) in [7, 11) is -0.252. The topological polar surface area (TPSA) is 44.5 Å². The minimum atomic E-state index is -1.92. The van der Waals surface area contributed by atoms with Gasteiger partial charge in [0.15, 0.2) is 0 Å². The minimum absolute atomic E-state index is 0.0469. The van der Waals surface area contributed by atoms with Crippen molar-refractivity contribution in [3.05, 3.63) is 35.6 Å². The third-order valence-corrected chi connectivity index (χ3v) is 12.4. The van der Waals surface area contributed by atoms with Crippen LogP contribution in [0.5, 0.6) is 0 Å². The van der Waals surface area contributed by atoms with Gasteiger partial charge in [-0.3, -0.25) is 0 Å². The molecule has 1 rings (SSSR count). The molecule has 0 saturated heterocycles. The third kappa shape index (κ3) is 5.77. The number of hydrogen-bond donors (Lipinski definition) is 1. The van der Waals surface area contributed by atoms with E-state index in [0.29, 0.717) is 12.2 Å². The first-order valence-electron chi connectivity index (χ1n) is 7.76. The molecule has 0 bridgehead atoms. The van der Waals surface area contributed by atoms with Gasteiger partial charge in [0.05, 0.1) is 0 Å². The van der Waals surface area contributed by atoms with Gasteiger partial charge < -0.3 is 0 Å². The van der Waals surface area contributed by atoms with Crippen molar-refractivity contribution < 1.29 is 34.8 Å². The second-order valence-corrected chi connectivity index (χ2v) is 16.4. The Morgan fingerprint density at radius 1 is 1.22 bits per heavy atom. The molecule has 0 radical (unpaired) electrons. The molecule has 1 aromatic carbocycles. The van der Waals surface area contributed by atoms with E-state index in [1.807, 2.05) is 13.0 Å². The van der Waals surface area contributed by atoms with Crippen molar-refractivity contribution in [2.45, 2.75) is 53.5 Å². The average molecular weight is 454 g/mol. The van der Waals surface area contributed by atoms with Crippen LogP contribution in [-0.4, -0.2) is 26.1 Å². The Bertz CT molecular complexity index is 518. The third-order valence-electron chi connectivity index (χ3n) is 4.28. The van der Waals surface area contributed by atoms with Crippen LogP contribution in [0.4, 0.5) is 4.39 Å². The van der Waals surface area contributed by atoms with Gasteiger partial charge >= 0.3 is 152 Å². The van der Waals surface area contributed by atoms with E-state index in [9.17, 15) is 4.39 Å². The van der Waals surface area contributed by atoms with Crippen molar-refractivity contribution >= 4 is 8.32 Å². The van der Waals surface area contributed by atoms with Gasteiger partial charge in [-0.25, -0.2) is 0 Å². The maximum atomic E-state index is 14.1. The van der Waals surface area contributed by atoms with Crippen molar-refractivity contribution in [3.63, 3.8) is 0 Å². The van der Waals surface area contributed by atoms with E-state index >= 15 is 0 Å². The number of ether oxygens (including phenoxy) is 1. The number of benzene rings is 1. The summed E-state index contributed by atoms with van der Waals surface area (Å²) in [6.45, 7) is 13.5. The molecule has 134 valence electrons. The van der Waals surface area contributed by atoms with Crippen LogP contribution in [0.25, 0.3) is 0 Å².